The van der Waals surface area contributed by atoms with Gasteiger partial charge in [0.05, 0.1) is 6.54 Å². The van der Waals surface area contributed by atoms with E-state index in [1.165, 1.54) is 0 Å². The molecule has 0 saturated heterocycles. The second-order valence-electron chi connectivity index (χ2n) is 5.12. The lowest BCUT2D eigenvalue weighted by molar-refractivity contribution is -0.677. The van der Waals surface area contributed by atoms with Crippen LogP contribution < -0.4 is 15.6 Å². The summed E-state index contributed by atoms with van der Waals surface area (Å²) in [5.41, 5.74) is 2.08. The first-order chi connectivity index (χ1) is 11.3. The number of aromatic amines is 1. The Morgan fingerprint density at radius 2 is 1.83 bits per heavy atom. The van der Waals surface area contributed by atoms with Gasteiger partial charge < -0.3 is 5.32 Å². The van der Waals surface area contributed by atoms with Crippen LogP contribution >= 0.6 is 11.6 Å². The van der Waals surface area contributed by atoms with Gasteiger partial charge in [-0.25, -0.2) is 4.79 Å². The fourth-order valence-corrected chi connectivity index (χ4v) is 2.59. The van der Waals surface area contributed by atoms with Crippen LogP contribution in [0.2, 0.25) is 5.02 Å². The number of aromatic nitrogens is 2. The minimum Gasteiger partial charge on any atom is -0.307 e. The second kappa shape index (κ2) is 7.26. The summed E-state index contributed by atoms with van der Waals surface area (Å²) in [7, 11) is 0. The van der Waals surface area contributed by atoms with E-state index in [1.54, 1.807) is 4.68 Å². The van der Waals surface area contributed by atoms with Crippen molar-refractivity contribution in [3.05, 3.63) is 81.3 Å². The Labute approximate surface area is 138 Å². The SMILES string of the molecule is O=c1o[nH][n+](-c2ccccc2)c1CNCCc1ccccc1Cl. The third-order valence-corrected chi connectivity index (χ3v) is 3.94. The van der Waals surface area contributed by atoms with E-state index >= 15 is 0 Å². The van der Waals surface area contributed by atoms with Gasteiger partial charge in [0.1, 0.15) is 0 Å². The molecule has 0 saturated carbocycles. The van der Waals surface area contributed by atoms with Crippen molar-refractivity contribution in [2.75, 3.05) is 6.54 Å². The normalized spacial score (nSPS) is 10.8. The Morgan fingerprint density at radius 3 is 2.61 bits per heavy atom. The molecule has 0 unspecified atom stereocenters. The van der Waals surface area contributed by atoms with Crippen molar-refractivity contribution in [3.8, 4) is 5.69 Å². The minimum absolute atomic E-state index is 0.376. The van der Waals surface area contributed by atoms with Crippen LogP contribution in [0.1, 0.15) is 11.3 Å². The molecule has 0 aliphatic carbocycles. The van der Waals surface area contributed by atoms with Crippen molar-refractivity contribution >= 4 is 11.6 Å². The fraction of sp³-hybridized carbons (Fsp3) is 0.176. The van der Waals surface area contributed by atoms with Gasteiger partial charge in [0, 0.05) is 17.2 Å². The van der Waals surface area contributed by atoms with Crippen molar-refractivity contribution in [1.29, 1.82) is 0 Å². The molecule has 0 bridgehead atoms. The summed E-state index contributed by atoms with van der Waals surface area (Å²) >= 11 is 6.13. The maximum atomic E-state index is 11.9. The van der Waals surface area contributed by atoms with E-state index in [2.05, 4.69) is 10.6 Å². The maximum Gasteiger partial charge on any atom is 0.431 e. The largest absolute Gasteiger partial charge is 0.431 e. The first kappa shape index (κ1) is 15.5. The first-order valence-corrected chi connectivity index (χ1v) is 7.75. The Bertz CT molecular complexity index is 827. The summed E-state index contributed by atoms with van der Waals surface area (Å²) in [5, 5.41) is 6.64. The average Bonchev–Trinajstić information content (AvgIpc) is 2.95. The lowest BCUT2D eigenvalue weighted by Gasteiger charge is -2.04. The van der Waals surface area contributed by atoms with Crippen LogP contribution in [0.4, 0.5) is 0 Å². The highest BCUT2D eigenvalue weighted by atomic mass is 35.5. The van der Waals surface area contributed by atoms with Gasteiger partial charge >= 0.3 is 11.3 Å². The van der Waals surface area contributed by atoms with Crippen molar-refractivity contribution in [3.63, 3.8) is 0 Å². The van der Waals surface area contributed by atoms with Crippen LogP contribution in [0.15, 0.2) is 63.9 Å². The minimum atomic E-state index is -0.376. The van der Waals surface area contributed by atoms with Gasteiger partial charge in [-0.15, -0.1) is 0 Å². The molecule has 0 aliphatic rings. The van der Waals surface area contributed by atoms with E-state index in [0.717, 1.165) is 22.7 Å². The zero-order valence-electron chi connectivity index (χ0n) is 12.5. The average molecular weight is 331 g/mol. The zero-order chi connectivity index (χ0) is 16.1. The number of para-hydroxylation sites is 1. The molecule has 3 aromatic rings. The van der Waals surface area contributed by atoms with Gasteiger partial charge in [0.2, 0.25) is 5.69 Å². The van der Waals surface area contributed by atoms with Crippen LogP contribution in [0, 0.1) is 0 Å². The quantitative estimate of drug-likeness (QED) is 0.538. The van der Waals surface area contributed by atoms with E-state index in [0.29, 0.717) is 18.8 Å². The van der Waals surface area contributed by atoms with Crippen molar-refractivity contribution in [2.24, 2.45) is 0 Å². The predicted octanol–water partition coefficient (Wildman–Crippen LogP) is 2.23. The van der Waals surface area contributed by atoms with E-state index < -0.39 is 0 Å². The summed E-state index contributed by atoms with van der Waals surface area (Å²) < 4.78 is 6.55. The number of H-pyrrole nitrogens is 1. The maximum absolute atomic E-state index is 11.9. The van der Waals surface area contributed by atoms with Gasteiger partial charge in [0.15, 0.2) is 0 Å². The lowest BCUT2D eigenvalue weighted by Crippen LogP contribution is -2.41. The zero-order valence-corrected chi connectivity index (χ0v) is 13.2. The second-order valence-corrected chi connectivity index (χ2v) is 5.52. The third-order valence-electron chi connectivity index (χ3n) is 3.57. The number of hydrogen-bond donors (Lipinski definition) is 2. The van der Waals surface area contributed by atoms with E-state index in [4.69, 9.17) is 16.1 Å². The smallest absolute Gasteiger partial charge is 0.307 e. The lowest BCUT2D eigenvalue weighted by atomic mass is 10.1. The molecule has 3 rings (SSSR count). The molecule has 0 fully saturated rings. The van der Waals surface area contributed by atoms with E-state index in [1.807, 2.05) is 54.6 Å². The molecule has 0 atom stereocenters. The molecule has 23 heavy (non-hydrogen) atoms. The Hall–Kier alpha value is -2.37. The number of hydrogen-bond acceptors (Lipinski definition) is 3. The highest BCUT2D eigenvalue weighted by Crippen LogP contribution is 2.14. The molecule has 2 aromatic carbocycles. The molecule has 118 valence electrons. The third kappa shape index (κ3) is 3.70. The first-order valence-electron chi connectivity index (χ1n) is 7.37. The van der Waals surface area contributed by atoms with Crippen LogP contribution in [-0.4, -0.2) is 11.8 Å². The predicted molar refractivity (Wildman–Crippen MR) is 87.7 cm³/mol. The molecule has 0 spiro atoms. The molecule has 6 heteroatoms. The molecule has 5 nitrogen and oxygen atoms in total. The molecule has 1 aromatic heterocycles. The number of benzene rings is 2. The fourth-order valence-electron chi connectivity index (χ4n) is 2.36. The molecular formula is C17H17ClN3O2+. The number of rotatable bonds is 6. The van der Waals surface area contributed by atoms with Crippen LogP contribution in [-0.2, 0) is 13.0 Å². The van der Waals surface area contributed by atoms with Gasteiger partial charge in [-0.05, 0) is 34.5 Å². The number of nitrogens with one attached hydrogen (secondary N) is 2. The summed E-state index contributed by atoms with van der Waals surface area (Å²) in [6.45, 7) is 1.12. The van der Waals surface area contributed by atoms with Gasteiger partial charge in [-0.1, -0.05) is 48.0 Å². The van der Waals surface area contributed by atoms with Crippen molar-refractivity contribution in [1.82, 2.24) is 10.6 Å². The van der Waals surface area contributed by atoms with Gasteiger partial charge in [-0.3, -0.25) is 4.52 Å². The Kier molecular flexibility index (Phi) is 4.90. The van der Waals surface area contributed by atoms with Gasteiger partial charge in [0.25, 0.3) is 0 Å². The molecule has 1 heterocycles. The summed E-state index contributed by atoms with van der Waals surface area (Å²) in [5.74, 6) is 0. The Balaban J connectivity index is 1.64. The van der Waals surface area contributed by atoms with Gasteiger partial charge in [-0.2, -0.15) is 0 Å². The van der Waals surface area contributed by atoms with Crippen LogP contribution in [0.25, 0.3) is 5.69 Å². The summed E-state index contributed by atoms with van der Waals surface area (Å²) in [6, 6.07) is 17.3. The molecular weight excluding hydrogens is 314 g/mol. The van der Waals surface area contributed by atoms with Crippen molar-refractivity contribution < 1.29 is 9.20 Å². The molecule has 0 amide bonds. The van der Waals surface area contributed by atoms with E-state index in [9.17, 15) is 4.79 Å². The highest BCUT2D eigenvalue weighted by molar-refractivity contribution is 6.31. The highest BCUT2D eigenvalue weighted by Gasteiger charge is 2.22. The Morgan fingerprint density at radius 1 is 1.09 bits per heavy atom. The number of nitrogens with zero attached hydrogens (tertiary/aromatic N) is 1. The summed E-state index contributed by atoms with van der Waals surface area (Å²) in [6.07, 6.45) is 0.792. The van der Waals surface area contributed by atoms with Crippen LogP contribution in [0.3, 0.4) is 0 Å². The summed E-state index contributed by atoms with van der Waals surface area (Å²) in [4.78, 5) is 11.9. The molecule has 0 aliphatic heterocycles. The van der Waals surface area contributed by atoms with Crippen molar-refractivity contribution in [2.45, 2.75) is 13.0 Å². The molecule has 2 N–H and O–H groups in total. The van der Waals surface area contributed by atoms with Crippen LogP contribution in [0.5, 0.6) is 0 Å². The molecule has 0 radical (unpaired) electrons. The topological polar surface area (TPSA) is 61.9 Å². The number of halogens is 1. The monoisotopic (exact) mass is 330 g/mol. The van der Waals surface area contributed by atoms with E-state index in [-0.39, 0.29) is 5.63 Å². The standard InChI is InChI=1S/C17H16ClN3O2/c18-15-9-5-4-6-13(15)10-11-19-12-16-17(22)23-20-21(16)14-7-2-1-3-8-14/h1-9,19H,10-12H2/p+1.